The second kappa shape index (κ2) is 5.31. The minimum absolute atomic E-state index is 0.524. The van der Waals surface area contributed by atoms with Crippen molar-refractivity contribution in [3.05, 3.63) is 40.8 Å². The monoisotopic (exact) mass is 284 g/mol. The zero-order valence-corrected chi connectivity index (χ0v) is 9.04. The summed E-state index contributed by atoms with van der Waals surface area (Å²) in [4.78, 5) is 0.524. The van der Waals surface area contributed by atoms with Gasteiger partial charge in [0.05, 0.1) is 12.0 Å². The van der Waals surface area contributed by atoms with E-state index in [9.17, 15) is 13.2 Å². The van der Waals surface area contributed by atoms with E-state index in [0.29, 0.717) is 16.9 Å². The highest BCUT2D eigenvalue weighted by Crippen LogP contribution is 2.26. The van der Waals surface area contributed by atoms with Crippen molar-refractivity contribution in [2.45, 2.75) is 4.90 Å². The first-order chi connectivity index (χ1) is 6.59. The van der Waals surface area contributed by atoms with Crippen LogP contribution < -0.4 is 0 Å². The predicted octanol–water partition coefficient (Wildman–Crippen LogP) is 4.51. The molecule has 0 bridgehead atoms. The fourth-order valence-electron chi connectivity index (χ4n) is 0.635. The van der Waals surface area contributed by atoms with Crippen molar-refractivity contribution >= 4 is 28.0 Å². The molecule has 1 nitrogen and oxygen atoms in total. The van der Waals surface area contributed by atoms with Gasteiger partial charge < -0.3 is 4.18 Å². The maximum atomic E-state index is 12.2. The zero-order chi connectivity index (χ0) is 10.6. The van der Waals surface area contributed by atoms with Crippen molar-refractivity contribution < 1.29 is 17.4 Å². The number of hydrogen-bond donors (Lipinski definition) is 0. The number of halogens is 4. The summed E-state index contributed by atoms with van der Waals surface area (Å²) >= 11 is 3.70. The van der Waals surface area contributed by atoms with E-state index in [4.69, 9.17) is 0 Å². The van der Waals surface area contributed by atoms with Gasteiger partial charge in [-0.15, -0.1) is 0 Å². The van der Waals surface area contributed by atoms with E-state index in [-0.39, 0.29) is 0 Å². The Bertz CT molecular complexity index is 352. The summed E-state index contributed by atoms with van der Waals surface area (Å²) in [6.45, 7) is 0. The summed E-state index contributed by atoms with van der Waals surface area (Å²) in [5.74, 6) is 0. The molecule has 0 N–H and O–H groups in total. The van der Waals surface area contributed by atoms with Crippen LogP contribution in [-0.2, 0) is 4.18 Å². The summed E-state index contributed by atoms with van der Waals surface area (Å²) in [6.07, 6.45) is -2.47. The second-order valence-electron chi connectivity index (χ2n) is 2.16. The normalized spacial score (nSPS) is 9.71. The van der Waals surface area contributed by atoms with Crippen LogP contribution in [-0.4, -0.2) is 0 Å². The van der Waals surface area contributed by atoms with E-state index in [1.165, 1.54) is 0 Å². The van der Waals surface area contributed by atoms with Crippen LogP contribution >= 0.6 is 28.0 Å². The third kappa shape index (κ3) is 3.63. The van der Waals surface area contributed by atoms with Crippen LogP contribution in [0.5, 0.6) is 0 Å². The molecule has 0 atom stereocenters. The van der Waals surface area contributed by atoms with Crippen molar-refractivity contribution in [1.82, 2.24) is 0 Å². The van der Waals surface area contributed by atoms with Crippen LogP contribution in [0.25, 0.3) is 0 Å². The van der Waals surface area contributed by atoms with Gasteiger partial charge in [-0.05, 0) is 18.2 Å². The Balaban J connectivity index is 2.59. The fraction of sp³-hybridized carbons (Fsp3) is 0. The maximum absolute atomic E-state index is 12.2. The molecule has 76 valence electrons. The second-order valence-corrected chi connectivity index (χ2v) is 3.88. The first kappa shape index (κ1) is 11.5. The van der Waals surface area contributed by atoms with Crippen molar-refractivity contribution in [2.75, 3.05) is 0 Å². The van der Waals surface area contributed by atoms with E-state index in [0.717, 1.165) is 4.47 Å². The van der Waals surface area contributed by atoms with Gasteiger partial charge in [-0.25, -0.2) is 0 Å². The van der Waals surface area contributed by atoms with Gasteiger partial charge in [-0.2, -0.15) is 13.2 Å². The molecule has 0 amide bonds. The van der Waals surface area contributed by atoms with Gasteiger partial charge >= 0.3 is 12.1 Å². The molecule has 1 aromatic rings. The molecule has 0 aliphatic carbocycles. The highest BCUT2D eigenvalue weighted by molar-refractivity contribution is 9.10. The van der Waals surface area contributed by atoms with E-state index < -0.39 is 12.1 Å². The highest BCUT2D eigenvalue weighted by atomic mass is 79.9. The molecule has 0 spiro atoms. The summed E-state index contributed by atoms with van der Waals surface area (Å²) in [6, 6.07) is 4.80. The van der Waals surface area contributed by atoms with Crippen LogP contribution in [0, 0.1) is 0 Å². The molecule has 1 rings (SSSR count). The summed E-state index contributed by atoms with van der Waals surface area (Å²) < 4.78 is 40.2. The lowest BCUT2D eigenvalue weighted by Crippen LogP contribution is -1.78. The van der Waals surface area contributed by atoms with Crippen molar-refractivity contribution in [2.24, 2.45) is 0 Å². The third-order valence-electron chi connectivity index (χ3n) is 1.16. The number of rotatable bonds is 3. The zero-order valence-electron chi connectivity index (χ0n) is 6.64. The van der Waals surface area contributed by atoms with Crippen LogP contribution in [0.3, 0.4) is 0 Å². The summed E-state index contributed by atoms with van der Waals surface area (Å²) in [5.41, 5.74) is 0. The van der Waals surface area contributed by atoms with Gasteiger partial charge in [-0.3, -0.25) is 0 Å². The highest BCUT2D eigenvalue weighted by Gasteiger charge is 2.07. The lowest BCUT2D eigenvalue weighted by atomic mass is 10.4. The van der Waals surface area contributed by atoms with Gasteiger partial charge in [0.25, 0.3) is 0 Å². The quantitative estimate of drug-likeness (QED) is 0.597. The van der Waals surface area contributed by atoms with Gasteiger partial charge in [0.15, 0.2) is 0 Å². The molecule has 0 saturated heterocycles. The van der Waals surface area contributed by atoms with E-state index in [2.05, 4.69) is 20.1 Å². The van der Waals surface area contributed by atoms with E-state index in [1.807, 2.05) is 0 Å². The Hall–Kier alpha value is -0.620. The van der Waals surface area contributed by atoms with Gasteiger partial charge in [0.2, 0.25) is 0 Å². The smallest absolute Gasteiger partial charge is 0.351 e. The molecule has 0 radical (unpaired) electrons. The molecule has 14 heavy (non-hydrogen) atoms. The molecule has 6 heteroatoms. The SMILES string of the molecule is FC(F)=C(F)OSc1cccc(Br)c1. The molecule has 0 saturated carbocycles. The Labute approximate surface area is 91.3 Å². The fourth-order valence-corrected chi connectivity index (χ4v) is 1.73. The minimum atomic E-state index is -2.47. The summed E-state index contributed by atoms with van der Waals surface area (Å²) in [5, 5.41) is 0. The van der Waals surface area contributed by atoms with Gasteiger partial charge in [0, 0.05) is 9.37 Å². The molecule has 1 aromatic carbocycles. The molecule has 0 unspecified atom stereocenters. The maximum Gasteiger partial charge on any atom is 0.351 e. The minimum Gasteiger partial charge on any atom is -0.387 e. The van der Waals surface area contributed by atoms with Gasteiger partial charge in [0.1, 0.15) is 0 Å². The van der Waals surface area contributed by atoms with E-state index >= 15 is 0 Å². The first-order valence-corrected chi connectivity index (χ1v) is 4.94. The van der Waals surface area contributed by atoms with Crippen LogP contribution in [0.1, 0.15) is 0 Å². The van der Waals surface area contributed by atoms with Gasteiger partial charge in [-0.1, -0.05) is 22.0 Å². The van der Waals surface area contributed by atoms with Crippen molar-refractivity contribution in [3.63, 3.8) is 0 Å². The molecular weight excluding hydrogens is 281 g/mol. The van der Waals surface area contributed by atoms with Crippen LogP contribution in [0.2, 0.25) is 0 Å². The van der Waals surface area contributed by atoms with Crippen molar-refractivity contribution in [3.8, 4) is 0 Å². The topological polar surface area (TPSA) is 9.23 Å². The molecule has 0 heterocycles. The Morgan fingerprint density at radius 1 is 1.29 bits per heavy atom. The number of hydrogen-bond acceptors (Lipinski definition) is 2. The Morgan fingerprint density at radius 3 is 2.57 bits per heavy atom. The van der Waals surface area contributed by atoms with Crippen molar-refractivity contribution in [1.29, 1.82) is 0 Å². The lowest BCUT2D eigenvalue weighted by molar-refractivity contribution is 0.266. The molecule has 0 aliphatic heterocycles. The van der Waals surface area contributed by atoms with E-state index in [1.54, 1.807) is 24.3 Å². The van der Waals surface area contributed by atoms with Crippen LogP contribution in [0.15, 0.2) is 45.7 Å². The lowest BCUT2D eigenvalue weighted by Gasteiger charge is -2.00. The average Bonchev–Trinajstić information content (AvgIpc) is 2.14. The first-order valence-electron chi connectivity index (χ1n) is 3.40. The molecular formula is C8H4BrF3OS. The summed E-state index contributed by atoms with van der Waals surface area (Å²) in [7, 11) is 0. The standard InChI is InChI=1S/C8H4BrF3OS/c9-5-2-1-3-6(4-5)14-13-8(12)7(10)11/h1-4H. The molecule has 0 aliphatic rings. The molecule has 0 aromatic heterocycles. The number of benzene rings is 1. The third-order valence-corrected chi connectivity index (χ3v) is 2.33. The Morgan fingerprint density at radius 2 is 2.00 bits per heavy atom. The Kier molecular flexibility index (Phi) is 4.34. The molecule has 0 fully saturated rings. The van der Waals surface area contributed by atoms with Crippen LogP contribution in [0.4, 0.5) is 13.2 Å². The largest absolute Gasteiger partial charge is 0.387 e. The predicted molar refractivity (Wildman–Crippen MR) is 51.4 cm³/mol. The average molecular weight is 285 g/mol.